The van der Waals surface area contributed by atoms with Crippen LogP contribution in [0.1, 0.15) is 18.7 Å². The van der Waals surface area contributed by atoms with Gasteiger partial charge in [0.25, 0.3) is 11.5 Å². The molecule has 20 heavy (non-hydrogen) atoms. The van der Waals surface area contributed by atoms with Crippen LogP contribution in [-0.4, -0.2) is 38.4 Å². The number of nitrogens with one attached hydrogen (secondary N) is 1. The molecule has 2 heterocycles. The van der Waals surface area contributed by atoms with Crippen LogP contribution in [0, 0.1) is 6.92 Å². The standard InChI is InChI=1S/C10H12N2O4.C2H4O2/c1-6-4-12(10(15)11-9(6)14)8-3-2-7(5-13)16-8;1-2(3)4/h2-4,7-8,13H,5H2,1H3,(H,11,14,15);1H3,(H,3,4)/t7-,8+;/m0./s1. The quantitative estimate of drug-likeness (QED) is 0.622. The van der Waals surface area contributed by atoms with E-state index >= 15 is 0 Å². The molecule has 0 bridgehead atoms. The van der Waals surface area contributed by atoms with Crippen LogP contribution >= 0.6 is 0 Å². The number of H-pyrrole nitrogens is 1. The Hall–Kier alpha value is -2.19. The van der Waals surface area contributed by atoms with E-state index in [2.05, 4.69) is 4.98 Å². The largest absolute Gasteiger partial charge is 0.481 e. The summed E-state index contributed by atoms with van der Waals surface area (Å²) in [6.45, 7) is 2.56. The van der Waals surface area contributed by atoms with Crippen molar-refractivity contribution in [3.63, 3.8) is 0 Å². The highest BCUT2D eigenvalue weighted by Gasteiger charge is 2.20. The van der Waals surface area contributed by atoms with Gasteiger partial charge < -0.3 is 14.9 Å². The summed E-state index contributed by atoms with van der Waals surface area (Å²) in [6.07, 6.45) is 3.82. The minimum atomic E-state index is -0.833. The van der Waals surface area contributed by atoms with Crippen LogP contribution in [0.15, 0.2) is 27.9 Å². The van der Waals surface area contributed by atoms with E-state index in [0.29, 0.717) is 5.56 Å². The number of aromatic amines is 1. The van der Waals surface area contributed by atoms with Crippen LogP contribution in [0.25, 0.3) is 0 Å². The average molecular weight is 284 g/mol. The van der Waals surface area contributed by atoms with Crippen LogP contribution in [0.2, 0.25) is 0 Å². The predicted octanol–water partition coefficient (Wildman–Crippen LogP) is -0.618. The highest BCUT2D eigenvalue weighted by Crippen LogP contribution is 2.18. The Bertz CT molecular complexity index is 611. The molecule has 1 aromatic rings. The number of carbonyl (C=O) groups is 1. The van der Waals surface area contributed by atoms with Crippen molar-refractivity contribution in [1.29, 1.82) is 0 Å². The maximum absolute atomic E-state index is 11.5. The molecule has 2 atom stereocenters. The van der Waals surface area contributed by atoms with E-state index in [-0.39, 0.29) is 6.61 Å². The van der Waals surface area contributed by atoms with Gasteiger partial charge in [-0.3, -0.25) is 19.1 Å². The second kappa shape index (κ2) is 6.83. The van der Waals surface area contributed by atoms with Gasteiger partial charge in [0, 0.05) is 18.7 Å². The summed E-state index contributed by atoms with van der Waals surface area (Å²) >= 11 is 0. The summed E-state index contributed by atoms with van der Waals surface area (Å²) < 4.78 is 6.63. The Kier molecular flexibility index (Phi) is 5.42. The van der Waals surface area contributed by atoms with Gasteiger partial charge in [-0.05, 0) is 13.0 Å². The molecule has 0 fully saturated rings. The molecule has 0 aliphatic carbocycles. The van der Waals surface area contributed by atoms with E-state index in [1.807, 2.05) is 0 Å². The van der Waals surface area contributed by atoms with E-state index < -0.39 is 29.6 Å². The number of rotatable bonds is 2. The minimum absolute atomic E-state index is 0.135. The smallest absolute Gasteiger partial charge is 0.330 e. The maximum Gasteiger partial charge on any atom is 0.330 e. The number of aliphatic hydroxyl groups excluding tert-OH is 1. The lowest BCUT2D eigenvalue weighted by atomic mass is 10.3. The van der Waals surface area contributed by atoms with Gasteiger partial charge in [0.15, 0.2) is 6.23 Å². The van der Waals surface area contributed by atoms with Crippen molar-refractivity contribution in [1.82, 2.24) is 9.55 Å². The van der Waals surface area contributed by atoms with Crippen molar-refractivity contribution in [2.75, 3.05) is 6.61 Å². The number of aryl methyl sites for hydroxylation is 1. The third-order valence-corrected chi connectivity index (χ3v) is 2.40. The van der Waals surface area contributed by atoms with Gasteiger partial charge in [-0.2, -0.15) is 0 Å². The van der Waals surface area contributed by atoms with Gasteiger partial charge in [0.2, 0.25) is 0 Å². The molecule has 8 nitrogen and oxygen atoms in total. The van der Waals surface area contributed by atoms with E-state index in [4.69, 9.17) is 19.7 Å². The molecule has 0 saturated heterocycles. The molecule has 0 spiro atoms. The van der Waals surface area contributed by atoms with Crippen LogP contribution in [0.4, 0.5) is 0 Å². The maximum atomic E-state index is 11.5. The SMILES string of the molecule is CC(=O)O.Cc1cn([C@H]2C=C[C@@H](CO)O2)c(=O)[nH]c1=O. The number of aliphatic carboxylic acids is 1. The molecule has 3 N–H and O–H groups in total. The third kappa shape index (κ3) is 4.18. The first-order valence-electron chi connectivity index (χ1n) is 5.81. The highest BCUT2D eigenvalue weighted by atomic mass is 16.5. The zero-order chi connectivity index (χ0) is 15.3. The van der Waals surface area contributed by atoms with Crippen LogP contribution in [0.3, 0.4) is 0 Å². The van der Waals surface area contributed by atoms with Gasteiger partial charge in [-0.15, -0.1) is 0 Å². The zero-order valence-electron chi connectivity index (χ0n) is 11.1. The molecule has 0 amide bonds. The Morgan fingerprint density at radius 2 is 2.05 bits per heavy atom. The third-order valence-electron chi connectivity index (χ3n) is 2.40. The van der Waals surface area contributed by atoms with Gasteiger partial charge >= 0.3 is 5.69 Å². The lowest BCUT2D eigenvalue weighted by molar-refractivity contribution is -0.134. The van der Waals surface area contributed by atoms with E-state index in [1.54, 1.807) is 19.1 Å². The number of ether oxygens (including phenoxy) is 1. The summed E-state index contributed by atoms with van der Waals surface area (Å²) in [5.41, 5.74) is -0.491. The van der Waals surface area contributed by atoms with Crippen molar-refractivity contribution in [3.8, 4) is 0 Å². The van der Waals surface area contributed by atoms with E-state index in [0.717, 1.165) is 6.92 Å². The molecule has 1 aromatic heterocycles. The number of hydrogen-bond donors (Lipinski definition) is 3. The van der Waals surface area contributed by atoms with Crippen molar-refractivity contribution >= 4 is 5.97 Å². The number of aromatic nitrogens is 2. The number of hydrogen-bond acceptors (Lipinski definition) is 5. The molecular weight excluding hydrogens is 268 g/mol. The summed E-state index contributed by atoms with van der Waals surface area (Å²) in [7, 11) is 0. The predicted molar refractivity (Wildman–Crippen MR) is 69.5 cm³/mol. The number of aliphatic hydroxyl groups is 1. The number of nitrogens with zero attached hydrogens (tertiary/aromatic N) is 1. The Labute approximate surface area is 113 Å². The van der Waals surface area contributed by atoms with Gasteiger partial charge in [0.05, 0.1) is 6.61 Å². The lowest BCUT2D eigenvalue weighted by Gasteiger charge is -2.14. The molecule has 110 valence electrons. The topological polar surface area (TPSA) is 122 Å². The molecule has 0 unspecified atom stereocenters. The molecular formula is C12H16N2O6. The van der Waals surface area contributed by atoms with Crippen LogP contribution < -0.4 is 11.2 Å². The number of carboxylic acids is 1. The molecule has 0 aromatic carbocycles. The fraction of sp³-hybridized carbons (Fsp3) is 0.417. The first kappa shape index (κ1) is 15.9. The molecule has 1 aliphatic heterocycles. The van der Waals surface area contributed by atoms with Crippen molar-refractivity contribution in [2.24, 2.45) is 0 Å². The van der Waals surface area contributed by atoms with E-state index in [9.17, 15) is 9.59 Å². The Morgan fingerprint density at radius 1 is 1.45 bits per heavy atom. The second-order valence-electron chi connectivity index (χ2n) is 4.13. The summed E-state index contributed by atoms with van der Waals surface area (Å²) in [6, 6.07) is 0. The second-order valence-corrected chi connectivity index (χ2v) is 4.13. The first-order chi connectivity index (χ1) is 9.35. The Balaban J connectivity index is 0.000000444. The lowest BCUT2D eigenvalue weighted by Crippen LogP contribution is -2.33. The van der Waals surface area contributed by atoms with Crippen molar-refractivity contribution in [2.45, 2.75) is 26.2 Å². The molecule has 8 heteroatoms. The van der Waals surface area contributed by atoms with Gasteiger partial charge in [-0.1, -0.05) is 6.08 Å². The zero-order valence-corrected chi connectivity index (χ0v) is 11.1. The Morgan fingerprint density at radius 3 is 2.55 bits per heavy atom. The first-order valence-corrected chi connectivity index (χ1v) is 5.81. The number of carboxylic acid groups (broad SMARTS) is 1. The van der Waals surface area contributed by atoms with Crippen molar-refractivity contribution in [3.05, 3.63) is 44.8 Å². The minimum Gasteiger partial charge on any atom is -0.481 e. The summed E-state index contributed by atoms with van der Waals surface area (Å²) in [5, 5.41) is 16.3. The molecule has 0 radical (unpaired) electrons. The average Bonchev–Trinajstić information content (AvgIpc) is 2.81. The molecule has 1 aliphatic rings. The normalized spacial score (nSPS) is 20.4. The molecule has 2 rings (SSSR count). The summed E-state index contributed by atoms with van der Waals surface area (Å²) in [5.74, 6) is -0.833. The fourth-order valence-corrected chi connectivity index (χ4v) is 1.53. The van der Waals surface area contributed by atoms with Crippen molar-refractivity contribution < 1.29 is 19.7 Å². The van der Waals surface area contributed by atoms with Gasteiger partial charge in [0.1, 0.15) is 6.10 Å². The van der Waals surface area contributed by atoms with Crippen LogP contribution in [0.5, 0.6) is 0 Å². The monoisotopic (exact) mass is 284 g/mol. The van der Waals surface area contributed by atoms with Gasteiger partial charge in [-0.25, -0.2) is 4.79 Å². The fourth-order valence-electron chi connectivity index (χ4n) is 1.53. The van der Waals surface area contributed by atoms with Crippen LogP contribution in [-0.2, 0) is 9.53 Å². The molecule has 0 saturated carbocycles. The summed E-state index contributed by atoms with van der Waals surface area (Å²) in [4.78, 5) is 33.9. The van der Waals surface area contributed by atoms with E-state index in [1.165, 1.54) is 10.8 Å². The highest BCUT2D eigenvalue weighted by molar-refractivity contribution is 5.62.